The number of nitrogens with zero attached hydrogens (tertiary/aromatic N) is 4. The molecular weight excluding hydrogens is 353 g/mol. The van der Waals surface area contributed by atoms with E-state index in [0.717, 1.165) is 12.1 Å². The van der Waals surface area contributed by atoms with Gasteiger partial charge in [0.15, 0.2) is 5.82 Å². The first-order valence-electron chi connectivity index (χ1n) is 7.82. The number of carboxylic acids is 1. The zero-order valence-electron chi connectivity index (χ0n) is 13.7. The number of amides is 1. The number of halogens is 3. The van der Waals surface area contributed by atoms with Crippen LogP contribution in [0.25, 0.3) is 5.82 Å². The Morgan fingerprint density at radius 3 is 2.58 bits per heavy atom. The van der Waals surface area contributed by atoms with Crippen LogP contribution in [0.4, 0.5) is 13.2 Å². The van der Waals surface area contributed by atoms with Crippen molar-refractivity contribution in [1.29, 1.82) is 0 Å². The Hall–Kier alpha value is -2.91. The number of rotatable bonds is 3. The number of carbonyl (C=O) groups excluding carboxylic acids is 1. The molecule has 1 aliphatic rings. The van der Waals surface area contributed by atoms with Gasteiger partial charge in [0.1, 0.15) is 6.04 Å². The molecule has 3 rings (SSSR count). The fraction of sp³-hybridized carbons (Fsp3) is 0.375. The Morgan fingerprint density at radius 1 is 1.27 bits per heavy atom. The van der Waals surface area contributed by atoms with Gasteiger partial charge in [0.2, 0.25) is 0 Å². The standard InChI is InChI=1S/C16H15F3N4O3/c1-9-11(14(24)22-6-2-3-12(22)15(25)26)8-21-23(9)13-5-4-10(7-20-13)16(17,18)19/h4-5,7-8,12H,2-3,6H2,1H3,(H,25,26)/t12-/m1/s1. The maximum absolute atomic E-state index is 12.7. The Balaban J connectivity index is 1.88. The molecule has 138 valence electrons. The summed E-state index contributed by atoms with van der Waals surface area (Å²) in [5, 5.41) is 13.2. The smallest absolute Gasteiger partial charge is 0.417 e. The van der Waals surface area contributed by atoms with Crippen molar-refractivity contribution in [3.63, 3.8) is 0 Å². The van der Waals surface area contributed by atoms with E-state index in [1.165, 1.54) is 15.8 Å². The van der Waals surface area contributed by atoms with Crippen LogP contribution in [0.2, 0.25) is 0 Å². The molecule has 1 amide bonds. The molecule has 10 heteroatoms. The van der Waals surface area contributed by atoms with E-state index in [0.29, 0.717) is 31.3 Å². The lowest BCUT2D eigenvalue weighted by atomic mass is 10.2. The lowest BCUT2D eigenvalue weighted by molar-refractivity contribution is -0.141. The number of aliphatic carboxylic acids is 1. The number of pyridine rings is 1. The fourth-order valence-corrected chi connectivity index (χ4v) is 2.95. The monoisotopic (exact) mass is 368 g/mol. The van der Waals surface area contributed by atoms with Gasteiger partial charge in [-0.3, -0.25) is 4.79 Å². The summed E-state index contributed by atoms with van der Waals surface area (Å²) in [6.07, 6.45) is -1.55. The Labute approximate surface area is 146 Å². The normalized spacial score (nSPS) is 17.5. The lowest BCUT2D eigenvalue weighted by Crippen LogP contribution is -2.40. The molecule has 0 bridgehead atoms. The van der Waals surface area contributed by atoms with Crippen molar-refractivity contribution >= 4 is 11.9 Å². The summed E-state index contributed by atoms with van der Waals surface area (Å²) in [6, 6.07) is 1.16. The van der Waals surface area contributed by atoms with Crippen LogP contribution in [0.15, 0.2) is 24.5 Å². The number of hydrogen-bond donors (Lipinski definition) is 1. The lowest BCUT2D eigenvalue weighted by Gasteiger charge is -2.21. The third kappa shape index (κ3) is 3.14. The molecule has 1 atom stereocenters. The average molecular weight is 368 g/mol. The number of carbonyl (C=O) groups is 2. The number of likely N-dealkylation sites (tertiary alicyclic amines) is 1. The van der Waals surface area contributed by atoms with E-state index in [2.05, 4.69) is 10.1 Å². The first kappa shape index (κ1) is 17.9. The predicted molar refractivity (Wildman–Crippen MR) is 82.8 cm³/mol. The molecule has 1 saturated heterocycles. The molecule has 2 aromatic heterocycles. The van der Waals surface area contributed by atoms with Gasteiger partial charge in [0.25, 0.3) is 5.91 Å². The van der Waals surface area contributed by atoms with Crippen molar-refractivity contribution in [2.24, 2.45) is 0 Å². The molecule has 0 spiro atoms. The van der Waals surface area contributed by atoms with Gasteiger partial charge in [-0.2, -0.15) is 18.3 Å². The predicted octanol–water partition coefficient (Wildman–Crippen LogP) is 2.28. The second-order valence-corrected chi connectivity index (χ2v) is 5.95. The van der Waals surface area contributed by atoms with Gasteiger partial charge >= 0.3 is 12.1 Å². The van der Waals surface area contributed by atoms with Crippen LogP contribution in [-0.4, -0.2) is 49.2 Å². The summed E-state index contributed by atoms with van der Waals surface area (Å²) in [5.41, 5.74) is -0.318. The summed E-state index contributed by atoms with van der Waals surface area (Å²) in [6.45, 7) is 1.91. The Morgan fingerprint density at radius 2 is 2.00 bits per heavy atom. The van der Waals surface area contributed by atoms with Crippen LogP contribution >= 0.6 is 0 Å². The maximum atomic E-state index is 12.7. The second-order valence-electron chi connectivity index (χ2n) is 5.95. The molecule has 1 N–H and O–H groups in total. The van der Waals surface area contributed by atoms with E-state index in [1.807, 2.05) is 0 Å². The van der Waals surface area contributed by atoms with E-state index in [1.54, 1.807) is 6.92 Å². The van der Waals surface area contributed by atoms with Gasteiger partial charge in [-0.1, -0.05) is 0 Å². The molecule has 0 radical (unpaired) electrons. The second kappa shape index (κ2) is 6.43. The van der Waals surface area contributed by atoms with Gasteiger partial charge in [-0.15, -0.1) is 0 Å². The van der Waals surface area contributed by atoms with Crippen molar-refractivity contribution in [2.45, 2.75) is 32.0 Å². The van der Waals surface area contributed by atoms with Gasteiger partial charge in [0.05, 0.1) is 23.0 Å². The largest absolute Gasteiger partial charge is 0.480 e. The van der Waals surface area contributed by atoms with E-state index in [-0.39, 0.29) is 11.4 Å². The SMILES string of the molecule is Cc1c(C(=O)N2CCC[C@@H]2C(=O)O)cnn1-c1ccc(C(F)(F)F)cn1. The first-order chi connectivity index (χ1) is 12.2. The first-order valence-corrected chi connectivity index (χ1v) is 7.82. The molecule has 3 heterocycles. The molecule has 1 fully saturated rings. The summed E-state index contributed by atoms with van der Waals surface area (Å²) in [7, 11) is 0. The van der Waals surface area contributed by atoms with Crippen LogP contribution in [0.3, 0.4) is 0 Å². The minimum atomic E-state index is -4.49. The van der Waals surface area contributed by atoms with Crippen molar-refractivity contribution in [2.75, 3.05) is 6.54 Å². The minimum Gasteiger partial charge on any atom is -0.480 e. The van der Waals surface area contributed by atoms with Gasteiger partial charge in [-0.25, -0.2) is 14.5 Å². The van der Waals surface area contributed by atoms with Gasteiger partial charge < -0.3 is 10.0 Å². The molecule has 2 aromatic rings. The molecule has 1 aliphatic heterocycles. The van der Waals surface area contributed by atoms with Crippen molar-refractivity contribution in [1.82, 2.24) is 19.7 Å². The van der Waals surface area contributed by atoms with Crippen molar-refractivity contribution < 1.29 is 27.9 Å². The maximum Gasteiger partial charge on any atom is 0.417 e. The number of hydrogen-bond acceptors (Lipinski definition) is 4. The summed E-state index contributed by atoms with van der Waals surface area (Å²) >= 11 is 0. The van der Waals surface area contributed by atoms with E-state index < -0.39 is 29.7 Å². The summed E-state index contributed by atoms with van der Waals surface area (Å²) in [4.78, 5) is 28.9. The Bertz CT molecular complexity index is 845. The molecule has 0 aliphatic carbocycles. The van der Waals surface area contributed by atoms with Crippen LogP contribution in [-0.2, 0) is 11.0 Å². The minimum absolute atomic E-state index is 0.130. The average Bonchev–Trinajstić information content (AvgIpc) is 3.20. The zero-order chi connectivity index (χ0) is 19.1. The summed E-state index contributed by atoms with van der Waals surface area (Å²) < 4.78 is 39.1. The molecule has 26 heavy (non-hydrogen) atoms. The molecule has 7 nitrogen and oxygen atoms in total. The quantitative estimate of drug-likeness (QED) is 0.898. The van der Waals surface area contributed by atoms with Crippen molar-refractivity contribution in [3.05, 3.63) is 41.3 Å². The highest BCUT2D eigenvalue weighted by atomic mass is 19.4. The zero-order valence-corrected chi connectivity index (χ0v) is 13.7. The third-order valence-electron chi connectivity index (χ3n) is 4.33. The number of carboxylic acid groups (broad SMARTS) is 1. The van der Waals surface area contributed by atoms with Crippen LogP contribution in [0.5, 0.6) is 0 Å². The highest BCUT2D eigenvalue weighted by molar-refractivity contribution is 5.97. The van der Waals surface area contributed by atoms with Crippen LogP contribution < -0.4 is 0 Å². The topological polar surface area (TPSA) is 88.3 Å². The number of aromatic nitrogens is 3. The van der Waals surface area contributed by atoms with Crippen LogP contribution in [0, 0.1) is 6.92 Å². The van der Waals surface area contributed by atoms with Crippen LogP contribution in [0.1, 0.15) is 34.5 Å². The highest BCUT2D eigenvalue weighted by Gasteiger charge is 2.36. The third-order valence-corrected chi connectivity index (χ3v) is 4.33. The van der Waals surface area contributed by atoms with Gasteiger partial charge in [0, 0.05) is 12.7 Å². The van der Waals surface area contributed by atoms with E-state index in [9.17, 15) is 27.9 Å². The molecule has 0 saturated carbocycles. The summed E-state index contributed by atoms with van der Waals surface area (Å²) in [5.74, 6) is -1.40. The Kier molecular flexibility index (Phi) is 4.43. The molecular formula is C16H15F3N4O3. The van der Waals surface area contributed by atoms with Crippen molar-refractivity contribution in [3.8, 4) is 5.82 Å². The number of alkyl halides is 3. The highest BCUT2D eigenvalue weighted by Crippen LogP contribution is 2.29. The van der Waals surface area contributed by atoms with Gasteiger partial charge in [-0.05, 0) is 31.9 Å². The van der Waals surface area contributed by atoms with E-state index >= 15 is 0 Å². The molecule has 0 aromatic carbocycles. The fourth-order valence-electron chi connectivity index (χ4n) is 2.95. The van der Waals surface area contributed by atoms with E-state index in [4.69, 9.17) is 0 Å². The molecule has 0 unspecified atom stereocenters.